The summed E-state index contributed by atoms with van der Waals surface area (Å²) in [4.78, 5) is 14.9. The third-order valence-corrected chi connectivity index (χ3v) is 7.09. The first-order valence-electron chi connectivity index (χ1n) is 10.4. The van der Waals surface area contributed by atoms with Gasteiger partial charge in [0.05, 0.1) is 33.9 Å². The Labute approximate surface area is 216 Å². The summed E-state index contributed by atoms with van der Waals surface area (Å²) in [7, 11) is -4.93. The van der Waals surface area contributed by atoms with Crippen molar-refractivity contribution in [2.24, 2.45) is 0 Å². The van der Waals surface area contributed by atoms with E-state index in [2.05, 4.69) is 19.8 Å². The first-order valence-corrected chi connectivity index (χ1v) is 13.1. The first-order chi connectivity index (χ1) is 16.7. The molecule has 3 rings (SSSR count). The Bertz CT molecular complexity index is 1450. The van der Waals surface area contributed by atoms with Gasteiger partial charge < -0.3 is 9.50 Å². The van der Waals surface area contributed by atoms with E-state index in [4.69, 9.17) is 16.9 Å². The number of thiazole rings is 1. The summed E-state index contributed by atoms with van der Waals surface area (Å²) in [5.41, 5.74) is 0.681. The molecule has 0 saturated heterocycles. The summed E-state index contributed by atoms with van der Waals surface area (Å²) in [6.07, 6.45) is -1.38. The number of aromatic nitrogens is 1. The molecule has 2 N–H and O–H groups in total. The van der Waals surface area contributed by atoms with Gasteiger partial charge >= 0.3 is 16.2 Å². The van der Waals surface area contributed by atoms with E-state index in [1.807, 2.05) is 6.07 Å². The normalized spacial score (nSPS) is 12.5. The number of amides is 1. The third-order valence-electron chi connectivity index (χ3n) is 5.00. The Morgan fingerprint density at radius 2 is 1.97 bits per heavy atom. The molecule has 8 nitrogen and oxygen atoms in total. The lowest BCUT2D eigenvalue weighted by Gasteiger charge is -2.28. The summed E-state index contributed by atoms with van der Waals surface area (Å²) in [5.74, 6) is -1.72. The van der Waals surface area contributed by atoms with E-state index in [0.717, 1.165) is 23.5 Å². The van der Waals surface area contributed by atoms with E-state index in [1.54, 1.807) is 27.7 Å². The number of hydrogen-bond donors (Lipinski definition) is 2. The fraction of sp³-hybridized carbons (Fsp3) is 0.261. The second-order valence-electron chi connectivity index (χ2n) is 8.71. The average molecular weight is 555 g/mol. The van der Waals surface area contributed by atoms with E-state index in [9.17, 15) is 17.6 Å². The van der Waals surface area contributed by atoms with Crippen LogP contribution in [0.5, 0.6) is 0 Å². The summed E-state index contributed by atoms with van der Waals surface area (Å²) in [6, 6.07) is 5.77. The van der Waals surface area contributed by atoms with Crippen LogP contribution in [0.3, 0.4) is 0 Å². The highest BCUT2D eigenvalue weighted by atomic mass is 35.5. The van der Waals surface area contributed by atoms with Gasteiger partial charge in [0.25, 0.3) is 0 Å². The first kappa shape index (κ1) is 27.3. The predicted molar refractivity (Wildman–Crippen MR) is 133 cm³/mol. The van der Waals surface area contributed by atoms with Crippen molar-refractivity contribution in [2.75, 3.05) is 10.6 Å². The Kier molecular flexibility index (Phi) is 7.88. The molecule has 0 bridgehead atoms. The minimum atomic E-state index is -4.93. The molecule has 1 aromatic heterocycles. The molecule has 36 heavy (non-hydrogen) atoms. The minimum absolute atomic E-state index is 0.0294. The van der Waals surface area contributed by atoms with Crippen molar-refractivity contribution >= 4 is 50.7 Å². The number of hydrogen-bond acceptors (Lipinski definition) is 8. The second-order valence-corrected chi connectivity index (χ2v) is 11.3. The van der Waals surface area contributed by atoms with Gasteiger partial charge in [-0.3, -0.25) is 5.32 Å². The monoisotopic (exact) mass is 554 g/mol. The van der Waals surface area contributed by atoms with Crippen molar-refractivity contribution in [3.05, 3.63) is 68.5 Å². The molecule has 3 aromatic rings. The van der Waals surface area contributed by atoms with Crippen LogP contribution in [0.25, 0.3) is 0 Å². The van der Waals surface area contributed by atoms with E-state index in [1.165, 1.54) is 23.0 Å². The summed E-state index contributed by atoms with van der Waals surface area (Å²) in [5, 5.41) is 15.4. The molecule has 0 aliphatic rings. The molecule has 0 unspecified atom stereocenters. The van der Waals surface area contributed by atoms with Crippen LogP contribution < -0.4 is 10.6 Å². The van der Waals surface area contributed by atoms with Gasteiger partial charge in [-0.05, 0) is 36.6 Å². The van der Waals surface area contributed by atoms with Crippen LogP contribution in [0.1, 0.15) is 50.4 Å². The molecule has 0 spiro atoms. The van der Waals surface area contributed by atoms with E-state index in [0.29, 0.717) is 0 Å². The maximum absolute atomic E-state index is 15.8. The summed E-state index contributed by atoms with van der Waals surface area (Å²) < 4.78 is 60.3. The third kappa shape index (κ3) is 5.92. The quantitative estimate of drug-likeness (QED) is 0.340. The molecule has 0 saturated carbocycles. The smallest absolute Gasteiger partial charge is 0.377 e. The number of carbonyl (C=O) groups is 1. The fourth-order valence-corrected chi connectivity index (χ4v) is 5.14. The molecule has 1 amide bonds. The molecular weight excluding hydrogens is 534 g/mol. The van der Waals surface area contributed by atoms with E-state index < -0.39 is 44.2 Å². The van der Waals surface area contributed by atoms with Crippen LogP contribution in [0.4, 0.5) is 25.1 Å². The number of nitriles is 1. The van der Waals surface area contributed by atoms with E-state index >= 15 is 4.39 Å². The van der Waals surface area contributed by atoms with E-state index in [-0.39, 0.29) is 33.2 Å². The molecule has 0 aliphatic carbocycles. The van der Waals surface area contributed by atoms with Gasteiger partial charge in [0, 0.05) is 16.5 Å². The molecule has 1 heterocycles. The van der Waals surface area contributed by atoms with Crippen molar-refractivity contribution in [3.63, 3.8) is 0 Å². The maximum atomic E-state index is 15.8. The van der Waals surface area contributed by atoms with Gasteiger partial charge in [0.2, 0.25) is 0 Å². The summed E-state index contributed by atoms with van der Waals surface area (Å²) >= 11 is 7.55. The van der Waals surface area contributed by atoms with Crippen LogP contribution in [0.2, 0.25) is 5.02 Å². The van der Waals surface area contributed by atoms with Gasteiger partial charge in [-0.2, -0.15) is 13.7 Å². The van der Waals surface area contributed by atoms with Crippen LogP contribution >= 0.6 is 22.9 Å². The molecule has 1 atom stereocenters. The predicted octanol–water partition coefficient (Wildman–Crippen LogP) is 6.35. The van der Waals surface area contributed by atoms with Gasteiger partial charge in [-0.25, -0.2) is 18.6 Å². The minimum Gasteiger partial charge on any atom is -0.377 e. The second kappa shape index (κ2) is 10.4. The fourth-order valence-electron chi connectivity index (χ4n) is 3.41. The molecule has 0 radical (unpaired) electrons. The van der Waals surface area contributed by atoms with Crippen molar-refractivity contribution in [2.45, 2.75) is 44.0 Å². The lowest BCUT2D eigenvalue weighted by molar-refractivity contribution is 0.216. The zero-order chi connectivity index (χ0) is 26.8. The topological polar surface area (TPSA) is 121 Å². The number of halogens is 3. The van der Waals surface area contributed by atoms with Crippen molar-refractivity contribution < 1.29 is 26.2 Å². The lowest BCUT2D eigenvalue weighted by atomic mass is 9.85. The zero-order valence-corrected chi connectivity index (χ0v) is 21.9. The standard InChI is InChI=1S/C23H21ClF2N4O4S2/c1-12(14-7-13(9-27)5-6-16(14)25)29-21-15(24)8-17(20(26)19(21)23(2,3)4)36(32,33)34-22(31)30-18-10-35-11-28-18/h5-8,10-12,29H,1-4H3,(H,30,31)/t12-/m0/s1. The zero-order valence-electron chi connectivity index (χ0n) is 19.5. The number of rotatable bonds is 6. The van der Waals surface area contributed by atoms with Gasteiger partial charge in [-0.1, -0.05) is 32.4 Å². The Morgan fingerprint density at radius 1 is 1.28 bits per heavy atom. The Morgan fingerprint density at radius 3 is 2.56 bits per heavy atom. The highest BCUT2D eigenvalue weighted by Crippen LogP contribution is 2.42. The number of nitrogens with one attached hydrogen (secondary N) is 2. The molecule has 190 valence electrons. The average Bonchev–Trinajstić information content (AvgIpc) is 3.27. The highest BCUT2D eigenvalue weighted by molar-refractivity contribution is 7.87. The molecule has 2 aromatic carbocycles. The maximum Gasteiger partial charge on any atom is 0.428 e. The van der Waals surface area contributed by atoms with Crippen LogP contribution in [0, 0.1) is 23.0 Å². The highest BCUT2D eigenvalue weighted by Gasteiger charge is 2.34. The summed E-state index contributed by atoms with van der Waals surface area (Å²) in [6.45, 7) is 6.46. The largest absolute Gasteiger partial charge is 0.428 e. The van der Waals surface area contributed by atoms with Crippen molar-refractivity contribution in [1.29, 1.82) is 5.26 Å². The van der Waals surface area contributed by atoms with Gasteiger partial charge in [0.15, 0.2) is 5.82 Å². The van der Waals surface area contributed by atoms with Crippen molar-refractivity contribution in [3.8, 4) is 6.07 Å². The molecular formula is C23H21ClF2N4O4S2. The SMILES string of the molecule is C[C@H](Nc1c(Cl)cc(S(=O)(=O)OC(=O)Nc2cscn2)c(F)c1C(C)(C)C)c1cc(C#N)ccc1F. The molecule has 0 fully saturated rings. The van der Waals surface area contributed by atoms with Crippen LogP contribution in [0.15, 0.2) is 40.1 Å². The van der Waals surface area contributed by atoms with Crippen LogP contribution in [-0.2, 0) is 19.7 Å². The number of nitrogens with zero attached hydrogens (tertiary/aromatic N) is 2. The molecule has 0 aliphatic heterocycles. The Hall–Kier alpha value is -3.27. The van der Waals surface area contributed by atoms with Crippen molar-refractivity contribution in [1.82, 2.24) is 4.98 Å². The number of anilines is 2. The number of carbonyl (C=O) groups excluding carboxylic acids is 1. The Balaban J connectivity index is 2.03. The lowest BCUT2D eigenvalue weighted by Crippen LogP contribution is -2.24. The van der Waals surface area contributed by atoms with Gasteiger partial charge in [0.1, 0.15) is 16.5 Å². The van der Waals surface area contributed by atoms with Crippen LogP contribution in [-0.4, -0.2) is 19.5 Å². The molecule has 13 heteroatoms. The number of benzene rings is 2. The van der Waals surface area contributed by atoms with Gasteiger partial charge in [-0.15, -0.1) is 11.3 Å².